The first-order valence-electron chi connectivity index (χ1n) is 10.0. The molecule has 148 valence electrons. The summed E-state index contributed by atoms with van der Waals surface area (Å²) in [6.07, 6.45) is 2.47. The van der Waals surface area contributed by atoms with Crippen molar-refractivity contribution in [3.63, 3.8) is 0 Å². The molecule has 0 amide bonds. The van der Waals surface area contributed by atoms with Crippen LogP contribution < -0.4 is 0 Å². The predicted octanol–water partition coefficient (Wildman–Crippen LogP) is 5.01. The van der Waals surface area contributed by atoms with Gasteiger partial charge in [0.1, 0.15) is 0 Å². The molecule has 2 aliphatic rings. The van der Waals surface area contributed by atoms with E-state index in [1.165, 1.54) is 5.56 Å². The highest BCUT2D eigenvalue weighted by atomic mass is 16.5. The van der Waals surface area contributed by atoms with Crippen molar-refractivity contribution in [2.75, 3.05) is 6.61 Å². The van der Waals surface area contributed by atoms with E-state index < -0.39 is 11.4 Å². The smallest absolute Gasteiger partial charge is 0.310 e. The maximum absolute atomic E-state index is 11.4. The Balaban J connectivity index is 0.000000161. The maximum atomic E-state index is 11.4. The summed E-state index contributed by atoms with van der Waals surface area (Å²) in [6.45, 7) is 4.28. The molecule has 4 nitrogen and oxygen atoms in total. The number of benzene rings is 2. The summed E-state index contributed by atoms with van der Waals surface area (Å²) >= 11 is 0. The van der Waals surface area contributed by atoms with E-state index in [2.05, 4.69) is 12.1 Å². The summed E-state index contributed by atoms with van der Waals surface area (Å²) < 4.78 is 4.98. The van der Waals surface area contributed by atoms with Crippen LogP contribution >= 0.6 is 0 Å². The minimum atomic E-state index is -0.645. The standard InChI is InChI=1S/2C12H14O2/c1-2-12(11(13)14)8-10(12)9-6-4-3-5-7-9;1-2-14-12(13)11-8-10(11)9-6-4-3-5-7-9/h3-7,10H,2,8H2,1H3,(H,13,14);3-7,10-11H,2,8H2,1H3/t10-,12-;10-,11+/m10/s1. The molecule has 0 bridgehead atoms. The molecule has 4 rings (SSSR count). The maximum Gasteiger partial charge on any atom is 0.310 e. The first-order chi connectivity index (χ1) is 13.5. The van der Waals surface area contributed by atoms with Gasteiger partial charge in [0, 0.05) is 5.92 Å². The highest BCUT2D eigenvalue weighted by molar-refractivity contribution is 5.80. The molecule has 2 aromatic rings. The first-order valence-corrected chi connectivity index (χ1v) is 10.0. The van der Waals surface area contributed by atoms with E-state index in [0.717, 1.165) is 24.8 Å². The normalized spacial score (nSPS) is 27.1. The molecule has 4 heteroatoms. The van der Waals surface area contributed by atoms with Gasteiger partial charge < -0.3 is 9.84 Å². The van der Waals surface area contributed by atoms with Gasteiger partial charge in [-0.3, -0.25) is 9.59 Å². The number of ether oxygens (including phenoxy) is 1. The van der Waals surface area contributed by atoms with Crippen LogP contribution in [-0.2, 0) is 14.3 Å². The van der Waals surface area contributed by atoms with Crippen LogP contribution in [0.25, 0.3) is 0 Å². The van der Waals surface area contributed by atoms with E-state index in [1.807, 2.05) is 62.4 Å². The molecule has 0 aromatic heterocycles. The first kappa shape index (κ1) is 20.1. The number of carboxylic acids is 1. The quantitative estimate of drug-likeness (QED) is 0.716. The Morgan fingerprint density at radius 2 is 1.57 bits per heavy atom. The van der Waals surface area contributed by atoms with Crippen LogP contribution in [0.4, 0.5) is 0 Å². The van der Waals surface area contributed by atoms with Crippen molar-refractivity contribution in [3.8, 4) is 0 Å². The van der Waals surface area contributed by atoms with Crippen molar-refractivity contribution in [1.82, 2.24) is 0 Å². The molecule has 4 atom stereocenters. The molecule has 0 unspecified atom stereocenters. The fourth-order valence-corrected chi connectivity index (χ4v) is 3.98. The Labute approximate surface area is 166 Å². The van der Waals surface area contributed by atoms with Crippen molar-refractivity contribution in [1.29, 1.82) is 0 Å². The SMILES string of the molecule is CCOC(=O)[C@@H]1C[C@H]1c1ccccc1.CC[C@@]1(C(=O)O)C[C@@H]1c1ccccc1. The predicted molar refractivity (Wildman–Crippen MR) is 108 cm³/mol. The molecule has 1 N–H and O–H groups in total. The minimum Gasteiger partial charge on any atom is -0.481 e. The average molecular weight is 380 g/mol. The average Bonchev–Trinajstić information content (AvgIpc) is 3.63. The van der Waals surface area contributed by atoms with Crippen LogP contribution in [0, 0.1) is 11.3 Å². The molecule has 2 aliphatic carbocycles. The summed E-state index contributed by atoms with van der Waals surface area (Å²) in [5.74, 6) is 0.0500. The molecule has 2 fully saturated rings. The highest BCUT2D eigenvalue weighted by Gasteiger charge is 2.59. The van der Waals surface area contributed by atoms with Crippen LogP contribution in [-0.4, -0.2) is 23.7 Å². The molecule has 0 spiro atoms. The summed E-state index contributed by atoms with van der Waals surface area (Å²) in [5, 5.41) is 9.14. The summed E-state index contributed by atoms with van der Waals surface area (Å²) in [7, 11) is 0. The minimum absolute atomic E-state index is 0.0404. The van der Waals surface area contributed by atoms with Gasteiger partial charge in [0.15, 0.2) is 0 Å². The van der Waals surface area contributed by atoms with Crippen molar-refractivity contribution in [2.24, 2.45) is 11.3 Å². The van der Waals surface area contributed by atoms with Crippen LogP contribution in [0.1, 0.15) is 56.1 Å². The third-order valence-electron chi connectivity index (χ3n) is 5.94. The zero-order valence-corrected chi connectivity index (χ0v) is 16.5. The zero-order chi connectivity index (χ0) is 20.1. The van der Waals surface area contributed by atoms with E-state index in [1.54, 1.807) is 0 Å². The van der Waals surface area contributed by atoms with Crippen molar-refractivity contribution in [2.45, 2.75) is 44.9 Å². The van der Waals surface area contributed by atoms with Crippen molar-refractivity contribution in [3.05, 3.63) is 71.8 Å². The lowest BCUT2D eigenvalue weighted by molar-refractivity contribution is -0.145. The van der Waals surface area contributed by atoms with E-state index >= 15 is 0 Å². The van der Waals surface area contributed by atoms with E-state index in [4.69, 9.17) is 9.84 Å². The Morgan fingerprint density at radius 1 is 1.00 bits per heavy atom. The Hall–Kier alpha value is -2.62. The van der Waals surface area contributed by atoms with Gasteiger partial charge in [-0.25, -0.2) is 0 Å². The number of carboxylic acid groups (broad SMARTS) is 1. The fraction of sp³-hybridized carbons (Fsp3) is 0.417. The lowest BCUT2D eigenvalue weighted by Crippen LogP contribution is -2.15. The lowest BCUT2D eigenvalue weighted by atomic mass is 9.96. The molecule has 28 heavy (non-hydrogen) atoms. The number of carbonyl (C=O) groups excluding carboxylic acids is 1. The molecule has 2 saturated carbocycles. The monoisotopic (exact) mass is 380 g/mol. The molecule has 0 aliphatic heterocycles. The summed E-state index contributed by atoms with van der Waals surface area (Å²) in [6, 6.07) is 20.1. The van der Waals surface area contributed by atoms with Crippen LogP contribution in [0.3, 0.4) is 0 Å². The van der Waals surface area contributed by atoms with Gasteiger partial charge in [-0.2, -0.15) is 0 Å². The number of esters is 1. The van der Waals surface area contributed by atoms with Gasteiger partial charge in [-0.15, -0.1) is 0 Å². The Bertz CT molecular complexity index is 800. The fourth-order valence-electron chi connectivity index (χ4n) is 3.98. The number of carbonyl (C=O) groups is 2. The number of aliphatic carboxylic acids is 1. The third-order valence-corrected chi connectivity index (χ3v) is 5.94. The van der Waals surface area contributed by atoms with Crippen LogP contribution in [0.15, 0.2) is 60.7 Å². The molecule has 0 heterocycles. The number of rotatable bonds is 6. The van der Waals surface area contributed by atoms with Crippen molar-refractivity contribution < 1.29 is 19.4 Å². The Kier molecular flexibility index (Phi) is 6.18. The second-order valence-electron chi connectivity index (χ2n) is 7.59. The van der Waals surface area contributed by atoms with Gasteiger partial charge in [0.25, 0.3) is 0 Å². The summed E-state index contributed by atoms with van der Waals surface area (Å²) in [4.78, 5) is 22.5. The third kappa shape index (κ3) is 4.27. The summed E-state index contributed by atoms with van der Waals surface area (Å²) in [5.41, 5.74) is 1.95. The second kappa shape index (κ2) is 8.59. The molecular formula is C24H28O4. The van der Waals surface area contributed by atoms with Gasteiger partial charge in [0.05, 0.1) is 17.9 Å². The number of hydrogen-bond donors (Lipinski definition) is 1. The van der Waals surface area contributed by atoms with E-state index in [0.29, 0.717) is 12.5 Å². The lowest BCUT2D eigenvalue weighted by Gasteiger charge is -2.08. The molecule has 2 aromatic carbocycles. The van der Waals surface area contributed by atoms with E-state index in [-0.39, 0.29) is 17.8 Å². The van der Waals surface area contributed by atoms with Gasteiger partial charge >= 0.3 is 11.9 Å². The topological polar surface area (TPSA) is 63.6 Å². The zero-order valence-electron chi connectivity index (χ0n) is 16.5. The molecule has 0 saturated heterocycles. The second-order valence-corrected chi connectivity index (χ2v) is 7.59. The highest BCUT2D eigenvalue weighted by Crippen LogP contribution is 2.61. The van der Waals surface area contributed by atoms with Crippen LogP contribution in [0.5, 0.6) is 0 Å². The van der Waals surface area contributed by atoms with Gasteiger partial charge in [-0.05, 0) is 43.2 Å². The Morgan fingerprint density at radius 3 is 2.04 bits per heavy atom. The van der Waals surface area contributed by atoms with Gasteiger partial charge in [0.2, 0.25) is 0 Å². The van der Waals surface area contributed by atoms with Crippen LogP contribution in [0.2, 0.25) is 0 Å². The largest absolute Gasteiger partial charge is 0.481 e. The number of hydrogen-bond acceptors (Lipinski definition) is 3. The molecule has 0 radical (unpaired) electrons. The van der Waals surface area contributed by atoms with Crippen molar-refractivity contribution >= 4 is 11.9 Å². The van der Waals surface area contributed by atoms with E-state index in [9.17, 15) is 9.59 Å². The molecular weight excluding hydrogens is 352 g/mol. The van der Waals surface area contributed by atoms with Gasteiger partial charge in [-0.1, -0.05) is 67.6 Å².